The van der Waals surface area contributed by atoms with E-state index in [2.05, 4.69) is 27.9 Å². The lowest BCUT2D eigenvalue weighted by Gasteiger charge is -2.04. The maximum Gasteiger partial charge on any atom is 0.338 e. The van der Waals surface area contributed by atoms with E-state index in [4.69, 9.17) is 5.11 Å². The van der Waals surface area contributed by atoms with E-state index in [1.807, 2.05) is 13.0 Å². The Kier molecular flexibility index (Phi) is 4.77. The molecule has 0 spiro atoms. The van der Waals surface area contributed by atoms with Gasteiger partial charge in [0, 0.05) is 14.0 Å². The highest BCUT2D eigenvalue weighted by Crippen LogP contribution is 2.29. The fraction of sp³-hybridized carbons (Fsp3) is 0.143. The molecule has 1 amide bonds. The maximum atomic E-state index is 12.1. The first-order valence-corrected chi connectivity index (χ1v) is 7.83. The van der Waals surface area contributed by atoms with Gasteiger partial charge in [-0.25, -0.2) is 4.79 Å². The molecule has 0 fully saturated rings. The SMILES string of the molecule is CCc1cc(C(=O)O)c(NC(=O)c2cccc(I)c2)s1. The lowest BCUT2D eigenvalue weighted by molar-refractivity contribution is 0.0698. The summed E-state index contributed by atoms with van der Waals surface area (Å²) in [5.74, 6) is -1.32. The lowest BCUT2D eigenvalue weighted by Crippen LogP contribution is -2.13. The largest absolute Gasteiger partial charge is 0.478 e. The van der Waals surface area contributed by atoms with E-state index in [1.54, 1.807) is 24.3 Å². The number of hydrogen-bond acceptors (Lipinski definition) is 3. The molecule has 1 aromatic carbocycles. The van der Waals surface area contributed by atoms with Crippen LogP contribution < -0.4 is 5.32 Å². The number of anilines is 1. The number of carbonyl (C=O) groups is 2. The molecule has 104 valence electrons. The maximum absolute atomic E-state index is 12.1. The van der Waals surface area contributed by atoms with Crippen LogP contribution in [0.3, 0.4) is 0 Å². The van der Waals surface area contributed by atoms with Crippen molar-refractivity contribution in [3.8, 4) is 0 Å². The number of carbonyl (C=O) groups excluding carboxylic acids is 1. The minimum atomic E-state index is -1.03. The van der Waals surface area contributed by atoms with E-state index in [0.717, 1.165) is 14.9 Å². The first-order chi connectivity index (χ1) is 9.51. The van der Waals surface area contributed by atoms with Gasteiger partial charge in [0.25, 0.3) is 5.91 Å². The molecule has 1 heterocycles. The third kappa shape index (κ3) is 3.37. The Morgan fingerprint density at radius 1 is 1.35 bits per heavy atom. The number of nitrogens with one attached hydrogen (secondary N) is 1. The lowest BCUT2D eigenvalue weighted by atomic mass is 10.2. The molecule has 0 bridgehead atoms. The van der Waals surface area contributed by atoms with Crippen molar-refractivity contribution in [1.29, 1.82) is 0 Å². The number of carboxylic acid groups (broad SMARTS) is 1. The molecule has 2 N–H and O–H groups in total. The summed E-state index contributed by atoms with van der Waals surface area (Å²) in [5, 5.41) is 12.2. The van der Waals surface area contributed by atoms with Gasteiger partial charge in [-0.2, -0.15) is 0 Å². The number of carboxylic acids is 1. The average molecular weight is 401 g/mol. The predicted octanol–water partition coefficient (Wildman–Crippen LogP) is 3.87. The van der Waals surface area contributed by atoms with Crippen molar-refractivity contribution in [3.05, 3.63) is 49.9 Å². The third-order valence-corrected chi connectivity index (χ3v) is 4.54. The second-order valence-corrected chi connectivity index (χ2v) is 6.46. The third-order valence-electron chi connectivity index (χ3n) is 2.68. The van der Waals surface area contributed by atoms with Gasteiger partial charge in [-0.15, -0.1) is 11.3 Å². The van der Waals surface area contributed by atoms with Crippen molar-refractivity contribution in [1.82, 2.24) is 0 Å². The highest BCUT2D eigenvalue weighted by molar-refractivity contribution is 14.1. The molecule has 1 aromatic heterocycles. The Morgan fingerprint density at radius 2 is 2.10 bits per heavy atom. The van der Waals surface area contributed by atoms with Crippen LogP contribution in [0.5, 0.6) is 0 Å². The Morgan fingerprint density at radius 3 is 2.70 bits per heavy atom. The van der Waals surface area contributed by atoms with Crippen LogP contribution in [0.4, 0.5) is 5.00 Å². The molecular formula is C14H12INO3S. The summed E-state index contributed by atoms with van der Waals surface area (Å²) in [4.78, 5) is 24.2. The minimum Gasteiger partial charge on any atom is -0.478 e. The van der Waals surface area contributed by atoms with Gasteiger partial charge < -0.3 is 10.4 Å². The molecule has 2 rings (SSSR count). The summed E-state index contributed by atoms with van der Waals surface area (Å²) in [6, 6.07) is 8.75. The molecule has 6 heteroatoms. The number of aryl methyl sites for hydroxylation is 1. The Labute approximate surface area is 134 Å². The molecule has 4 nitrogen and oxygen atoms in total. The Bertz CT molecular complexity index is 666. The second kappa shape index (κ2) is 6.36. The number of benzene rings is 1. The molecular weight excluding hydrogens is 389 g/mol. The molecule has 0 unspecified atom stereocenters. The van der Waals surface area contributed by atoms with Crippen LogP contribution in [0.1, 0.15) is 32.5 Å². The molecule has 0 saturated carbocycles. The highest BCUT2D eigenvalue weighted by atomic mass is 127. The van der Waals surface area contributed by atoms with Gasteiger partial charge in [-0.3, -0.25) is 4.79 Å². The van der Waals surface area contributed by atoms with Gasteiger partial charge in [0.15, 0.2) is 0 Å². The molecule has 0 aliphatic carbocycles. The summed E-state index contributed by atoms with van der Waals surface area (Å²) in [7, 11) is 0. The summed E-state index contributed by atoms with van der Waals surface area (Å²) in [6.07, 6.45) is 0.740. The quantitative estimate of drug-likeness (QED) is 0.765. The van der Waals surface area contributed by atoms with Crippen LogP contribution in [0.25, 0.3) is 0 Å². The molecule has 0 atom stereocenters. The van der Waals surface area contributed by atoms with Gasteiger partial charge in [0.1, 0.15) is 5.00 Å². The second-order valence-electron chi connectivity index (χ2n) is 4.08. The summed E-state index contributed by atoms with van der Waals surface area (Å²) in [5.41, 5.74) is 0.658. The van der Waals surface area contributed by atoms with E-state index < -0.39 is 5.97 Å². The van der Waals surface area contributed by atoms with E-state index in [-0.39, 0.29) is 11.5 Å². The summed E-state index contributed by atoms with van der Waals surface area (Å²) < 4.78 is 0.953. The monoisotopic (exact) mass is 401 g/mol. The first kappa shape index (κ1) is 15.0. The van der Waals surface area contributed by atoms with Gasteiger partial charge in [-0.05, 0) is 53.3 Å². The molecule has 0 aliphatic rings. The van der Waals surface area contributed by atoms with E-state index in [9.17, 15) is 9.59 Å². The van der Waals surface area contributed by atoms with Gasteiger partial charge in [0.05, 0.1) is 5.56 Å². The number of amides is 1. The zero-order chi connectivity index (χ0) is 14.7. The topological polar surface area (TPSA) is 66.4 Å². The average Bonchev–Trinajstić information content (AvgIpc) is 2.82. The fourth-order valence-corrected chi connectivity index (χ4v) is 3.20. The van der Waals surface area contributed by atoms with Crippen molar-refractivity contribution in [2.75, 3.05) is 5.32 Å². The van der Waals surface area contributed by atoms with Crippen molar-refractivity contribution >= 4 is 50.8 Å². The van der Waals surface area contributed by atoms with Crippen molar-refractivity contribution in [3.63, 3.8) is 0 Å². The van der Waals surface area contributed by atoms with Gasteiger partial charge >= 0.3 is 5.97 Å². The standard InChI is InChI=1S/C14H12INO3S/c1-2-10-7-11(14(18)19)13(20-10)16-12(17)8-4-3-5-9(15)6-8/h3-7H,2H2,1H3,(H,16,17)(H,18,19). The van der Waals surface area contributed by atoms with Crippen LogP contribution in [-0.2, 0) is 6.42 Å². The molecule has 0 aliphatic heterocycles. The molecule has 2 aromatic rings. The number of rotatable bonds is 4. The number of hydrogen-bond donors (Lipinski definition) is 2. The van der Waals surface area contributed by atoms with Crippen LogP contribution in [0, 0.1) is 3.57 Å². The molecule has 20 heavy (non-hydrogen) atoms. The highest BCUT2D eigenvalue weighted by Gasteiger charge is 2.17. The van der Waals surface area contributed by atoms with Crippen molar-refractivity contribution in [2.45, 2.75) is 13.3 Å². The first-order valence-electron chi connectivity index (χ1n) is 5.94. The van der Waals surface area contributed by atoms with E-state index in [1.165, 1.54) is 11.3 Å². The summed E-state index contributed by atoms with van der Waals surface area (Å²) in [6.45, 7) is 1.95. The number of aromatic carboxylic acids is 1. The van der Waals surface area contributed by atoms with Crippen LogP contribution in [0.2, 0.25) is 0 Å². The van der Waals surface area contributed by atoms with Gasteiger partial charge in [-0.1, -0.05) is 13.0 Å². The predicted molar refractivity (Wildman–Crippen MR) is 87.8 cm³/mol. The number of thiophene rings is 1. The normalized spacial score (nSPS) is 10.3. The smallest absolute Gasteiger partial charge is 0.338 e. The zero-order valence-electron chi connectivity index (χ0n) is 10.6. The molecule has 0 radical (unpaired) electrons. The van der Waals surface area contributed by atoms with E-state index in [0.29, 0.717) is 10.6 Å². The minimum absolute atomic E-state index is 0.144. The Balaban J connectivity index is 2.27. The van der Waals surface area contributed by atoms with Gasteiger partial charge in [0.2, 0.25) is 0 Å². The van der Waals surface area contributed by atoms with Crippen molar-refractivity contribution < 1.29 is 14.7 Å². The fourth-order valence-electron chi connectivity index (χ4n) is 1.67. The summed E-state index contributed by atoms with van der Waals surface area (Å²) >= 11 is 3.43. The zero-order valence-corrected chi connectivity index (χ0v) is 13.6. The Hall–Kier alpha value is -1.41. The van der Waals surface area contributed by atoms with E-state index >= 15 is 0 Å². The molecule has 0 saturated heterocycles. The van der Waals surface area contributed by atoms with Crippen molar-refractivity contribution in [2.24, 2.45) is 0 Å². The van der Waals surface area contributed by atoms with Crippen LogP contribution in [-0.4, -0.2) is 17.0 Å². The number of halogens is 1. The van der Waals surface area contributed by atoms with Crippen LogP contribution >= 0.6 is 33.9 Å². The van der Waals surface area contributed by atoms with Crippen LogP contribution in [0.15, 0.2) is 30.3 Å².